The molecule has 6 heteroatoms. The van der Waals surface area contributed by atoms with Crippen LogP contribution in [-0.4, -0.2) is 62.3 Å². The lowest BCUT2D eigenvalue weighted by Gasteiger charge is -2.56. The summed E-state index contributed by atoms with van der Waals surface area (Å²) >= 11 is 0. The van der Waals surface area contributed by atoms with Gasteiger partial charge in [-0.15, -0.1) is 0 Å². The standard InChI is InChI=1S/C21H30O6/c1-10(2)12-6-7-13(22)20-9-27-19(5,18(12,20)4)17(25)21(26)8-11(3)15(23)14(21)16(20)24/h6-7,11-16,22-24,26H,1,8-9H2,2-5H3/t11-,12+,13+,14+,15-,16-,18-,19-,20-,21+/m0/s1. The average molecular weight is 378 g/mol. The van der Waals surface area contributed by atoms with Gasteiger partial charge >= 0.3 is 0 Å². The van der Waals surface area contributed by atoms with Gasteiger partial charge in [-0.25, -0.2) is 0 Å². The molecule has 0 unspecified atom stereocenters. The predicted molar refractivity (Wildman–Crippen MR) is 97.6 cm³/mol. The zero-order valence-corrected chi connectivity index (χ0v) is 16.3. The molecule has 2 bridgehead atoms. The van der Waals surface area contributed by atoms with E-state index in [1.54, 1.807) is 19.9 Å². The molecule has 1 heterocycles. The van der Waals surface area contributed by atoms with Crippen LogP contribution in [0, 0.1) is 28.6 Å². The van der Waals surface area contributed by atoms with Gasteiger partial charge in [-0.2, -0.15) is 0 Å². The highest BCUT2D eigenvalue weighted by atomic mass is 16.5. The first kappa shape index (κ1) is 19.3. The first-order valence-corrected chi connectivity index (χ1v) is 9.68. The maximum Gasteiger partial charge on any atom is 0.196 e. The molecule has 4 N–H and O–H groups in total. The fourth-order valence-corrected chi connectivity index (χ4v) is 6.90. The molecule has 2 saturated carbocycles. The Morgan fingerprint density at radius 3 is 2.48 bits per heavy atom. The number of Topliss-reactive ketones (excluding diaryl/α,β-unsaturated/α-hetero) is 1. The average Bonchev–Trinajstić information content (AvgIpc) is 2.96. The molecule has 1 saturated heterocycles. The monoisotopic (exact) mass is 378 g/mol. The second-order valence-corrected chi connectivity index (χ2v) is 9.61. The van der Waals surface area contributed by atoms with Gasteiger partial charge in [0.2, 0.25) is 0 Å². The van der Waals surface area contributed by atoms with Gasteiger partial charge in [-0.3, -0.25) is 4.79 Å². The van der Waals surface area contributed by atoms with Crippen LogP contribution in [0.4, 0.5) is 0 Å². The maximum absolute atomic E-state index is 13.8. The molecule has 0 amide bonds. The first-order valence-electron chi connectivity index (χ1n) is 9.68. The third-order valence-corrected chi connectivity index (χ3v) is 8.55. The Labute approximate surface area is 159 Å². The molecule has 4 aliphatic rings. The number of allylic oxidation sites excluding steroid dienone is 2. The summed E-state index contributed by atoms with van der Waals surface area (Å²) in [6.07, 6.45) is 0.0651. The Bertz CT molecular complexity index is 747. The van der Waals surface area contributed by atoms with E-state index in [9.17, 15) is 25.2 Å². The van der Waals surface area contributed by atoms with Crippen LogP contribution in [0.3, 0.4) is 0 Å². The van der Waals surface area contributed by atoms with Crippen molar-refractivity contribution in [2.24, 2.45) is 28.6 Å². The van der Waals surface area contributed by atoms with Gasteiger partial charge in [0.05, 0.1) is 30.3 Å². The van der Waals surface area contributed by atoms with Crippen molar-refractivity contribution >= 4 is 5.78 Å². The number of hydrogen-bond acceptors (Lipinski definition) is 6. The van der Waals surface area contributed by atoms with Gasteiger partial charge in [-0.05, 0) is 26.2 Å². The van der Waals surface area contributed by atoms with Crippen LogP contribution in [-0.2, 0) is 9.53 Å². The Kier molecular flexibility index (Phi) is 3.79. The van der Waals surface area contributed by atoms with Gasteiger partial charge in [0, 0.05) is 17.3 Å². The van der Waals surface area contributed by atoms with Crippen LogP contribution >= 0.6 is 0 Å². The van der Waals surface area contributed by atoms with E-state index in [4.69, 9.17) is 4.74 Å². The van der Waals surface area contributed by atoms with Crippen molar-refractivity contribution < 1.29 is 30.0 Å². The zero-order valence-electron chi connectivity index (χ0n) is 16.3. The summed E-state index contributed by atoms with van der Waals surface area (Å²) in [7, 11) is 0. The molecule has 6 nitrogen and oxygen atoms in total. The molecule has 3 fully saturated rings. The summed E-state index contributed by atoms with van der Waals surface area (Å²) in [5, 5.41) is 44.9. The molecule has 0 aromatic rings. The molecule has 0 aromatic heterocycles. The van der Waals surface area contributed by atoms with Crippen molar-refractivity contribution in [2.75, 3.05) is 6.61 Å². The second kappa shape index (κ2) is 5.30. The van der Waals surface area contributed by atoms with Crippen LogP contribution in [0.1, 0.15) is 34.1 Å². The topological polar surface area (TPSA) is 107 Å². The van der Waals surface area contributed by atoms with E-state index in [-0.39, 0.29) is 24.9 Å². The fraction of sp³-hybridized carbons (Fsp3) is 0.762. The smallest absolute Gasteiger partial charge is 0.196 e. The lowest BCUT2D eigenvalue weighted by atomic mass is 9.46. The summed E-state index contributed by atoms with van der Waals surface area (Å²) in [6, 6.07) is 0. The molecule has 0 spiro atoms. The number of ether oxygens (including phenoxy) is 1. The minimum atomic E-state index is -1.90. The van der Waals surface area contributed by atoms with E-state index in [0.717, 1.165) is 5.57 Å². The van der Waals surface area contributed by atoms with E-state index < -0.39 is 52.0 Å². The van der Waals surface area contributed by atoms with Crippen LogP contribution in [0.2, 0.25) is 0 Å². The molecular formula is C21H30O6. The molecular weight excluding hydrogens is 348 g/mol. The van der Waals surface area contributed by atoms with Crippen LogP contribution < -0.4 is 0 Å². The summed E-state index contributed by atoms with van der Waals surface area (Å²) in [4.78, 5) is 13.8. The van der Waals surface area contributed by atoms with Gasteiger partial charge in [0.1, 0.15) is 11.2 Å². The molecule has 3 aliphatic carbocycles. The van der Waals surface area contributed by atoms with Gasteiger partial charge in [0.25, 0.3) is 0 Å². The van der Waals surface area contributed by atoms with Gasteiger partial charge in [0.15, 0.2) is 5.78 Å². The number of rotatable bonds is 1. The summed E-state index contributed by atoms with van der Waals surface area (Å²) in [6.45, 7) is 11.1. The highest BCUT2D eigenvalue weighted by Gasteiger charge is 2.82. The van der Waals surface area contributed by atoms with Gasteiger partial charge < -0.3 is 25.2 Å². The molecule has 1 aliphatic heterocycles. The number of ketones is 1. The normalized spacial score (nSPS) is 59.3. The van der Waals surface area contributed by atoms with E-state index in [2.05, 4.69) is 6.58 Å². The number of aliphatic hydroxyl groups is 4. The van der Waals surface area contributed by atoms with Crippen molar-refractivity contribution in [1.29, 1.82) is 0 Å². The number of aliphatic hydroxyl groups excluding tert-OH is 3. The third-order valence-electron chi connectivity index (χ3n) is 8.55. The van der Waals surface area contributed by atoms with Crippen LogP contribution in [0.15, 0.2) is 24.3 Å². The van der Waals surface area contributed by atoms with E-state index in [1.165, 1.54) is 0 Å². The zero-order chi connectivity index (χ0) is 20.2. The molecule has 4 rings (SSSR count). The highest BCUT2D eigenvalue weighted by Crippen LogP contribution is 2.70. The van der Waals surface area contributed by atoms with Crippen molar-refractivity contribution in [2.45, 2.75) is 63.6 Å². The van der Waals surface area contributed by atoms with Crippen LogP contribution in [0.25, 0.3) is 0 Å². The Hall–Kier alpha value is -1.05. The highest BCUT2D eigenvalue weighted by molar-refractivity contribution is 5.97. The quantitative estimate of drug-likeness (QED) is 0.498. The van der Waals surface area contributed by atoms with Crippen molar-refractivity contribution in [3.8, 4) is 0 Å². The Morgan fingerprint density at radius 2 is 1.89 bits per heavy atom. The predicted octanol–water partition coefficient (Wildman–Crippen LogP) is 0.583. The molecule has 0 radical (unpaired) electrons. The second-order valence-electron chi connectivity index (χ2n) is 9.61. The van der Waals surface area contributed by atoms with Crippen molar-refractivity contribution in [3.63, 3.8) is 0 Å². The van der Waals surface area contributed by atoms with Crippen molar-refractivity contribution in [1.82, 2.24) is 0 Å². The molecule has 0 aromatic carbocycles. The van der Waals surface area contributed by atoms with E-state index >= 15 is 0 Å². The minimum absolute atomic E-state index is 0.0319. The summed E-state index contributed by atoms with van der Waals surface area (Å²) < 4.78 is 6.07. The largest absolute Gasteiger partial charge is 0.392 e. The van der Waals surface area contributed by atoms with E-state index in [1.807, 2.05) is 19.9 Å². The SMILES string of the molecule is C=C(C)[C@H]1C=C[C@@H](O)[C@@]23CO[C@@](C)(C(=O)[C@@]4(O)C[C@H](C)[C@H](O)[C@@H]4[C@@H]2O)[C@]13C. The molecule has 27 heavy (non-hydrogen) atoms. The minimum Gasteiger partial charge on any atom is -0.392 e. The molecule has 10 atom stereocenters. The third kappa shape index (κ3) is 1.78. The number of fused-ring (bicyclic) bond motifs is 1. The van der Waals surface area contributed by atoms with Crippen molar-refractivity contribution in [3.05, 3.63) is 24.3 Å². The number of carbonyl (C=O) groups excluding carboxylic acids is 1. The van der Waals surface area contributed by atoms with E-state index in [0.29, 0.717) is 0 Å². The lowest BCUT2D eigenvalue weighted by Crippen LogP contribution is -2.65. The number of carbonyl (C=O) groups is 1. The fourth-order valence-electron chi connectivity index (χ4n) is 6.90. The summed E-state index contributed by atoms with van der Waals surface area (Å²) in [5.74, 6) is -2.27. The Balaban J connectivity index is 2.05. The first-order chi connectivity index (χ1) is 12.4. The Morgan fingerprint density at radius 1 is 1.26 bits per heavy atom. The van der Waals surface area contributed by atoms with Gasteiger partial charge in [-0.1, -0.05) is 38.2 Å². The number of hydrogen-bond donors (Lipinski definition) is 4. The maximum atomic E-state index is 13.8. The molecule has 150 valence electrons. The lowest BCUT2D eigenvalue weighted by molar-refractivity contribution is -0.182. The van der Waals surface area contributed by atoms with Crippen LogP contribution in [0.5, 0.6) is 0 Å². The summed E-state index contributed by atoms with van der Waals surface area (Å²) in [5.41, 5.74) is -4.82.